The minimum absolute atomic E-state index is 0.419. The molecule has 0 bridgehead atoms. The zero-order chi connectivity index (χ0) is 13.8. The highest BCUT2D eigenvalue weighted by atomic mass is 32.1. The fraction of sp³-hybridized carbons (Fsp3) is 0.357. The van der Waals surface area contributed by atoms with Gasteiger partial charge in [-0.05, 0) is 17.7 Å². The molecule has 0 radical (unpaired) electrons. The van der Waals surface area contributed by atoms with Crippen LogP contribution >= 0.6 is 11.3 Å². The van der Waals surface area contributed by atoms with E-state index in [9.17, 15) is 8.78 Å². The third-order valence-corrected chi connectivity index (χ3v) is 3.56. The standard InChI is InChI=1S/C14H16F2N2S/c1-9(2)17-7-13-8-18-14(19-13)5-10-3-11(15)6-12(16)4-10/h3-4,6,8-9,17H,5,7H2,1-2H3. The van der Waals surface area contributed by atoms with E-state index in [1.807, 2.05) is 6.20 Å². The summed E-state index contributed by atoms with van der Waals surface area (Å²) in [5, 5.41) is 4.17. The van der Waals surface area contributed by atoms with Gasteiger partial charge in [0.2, 0.25) is 0 Å². The van der Waals surface area contributed by atoms with E-state index in [1.54, 1.807) is 11.3 Å². The molecule has 0 atom stereocenters. The van der Waals surface area contributed by atoms with Crippen LogP contribution in [0.15, 0.2) is 24.4 Å². The van der Waals surface area contributed by atoms with Crippen LogP contribution in [0.1, 0.15) is 29.3 Å². The zero-order valence-corrected chi connectivity index (χ0v) is 11.7. The van der Waals surface area contributed by atoms with Crippen molar-refractivity contribution in [3.63, 3.8) is 0 Å². The molecule has 0 fully saturated rings. The number of rotatable bonds is 5. The van der Waals surface area contributed by atoms with E-state index in [-0.39, 0.29) is 0 Å². The maximum atomic E-state index is 13.1. The number of benzene rings is 1. The Kier molecular flexibility index (Phi) is 4.61. The first-order chi connectivity index (χ1) is 9.02. The molecule has 0 aliphatic carbocycles. The normalized spacial score (nSPS) is 11.2. The van der Waals surface area contributed by atoms with Crippen molar-refractivity contribution in [3.8, 4) is 0 Å². The lowest BCUT2D eigenvalue weighted by Crippen LogP contribution is -2.21. The SMILES string of the molecule is CC(C)NCc1cnc(Cc2cc(F)cc(F)c2)s1. The predicted octanol–water partition coefficient (Wildman–Crippen LogP) is 3.51. The number of hydrogen-bond acceptors (Lipinski definition) is 3. The smallest absolute Gasteiger partial charge is 0.126 e. The summed E-state index contributed by atoms with van der Waals surface area (Å²) in [7, 11) is 0. The molecule has 1 aromatic heterocycles. The van der Waals surface area contributed by atoms with Crippen molar-refractivity contribution in [2.45, 2.75) is 32.9 Å². The van der Waals surface area contributed by atoms with Gasteiger partial charge in [-0.25, -0.2) is 13.8 Å². The van der Waals surface area contributed by atoms with Gasteiger partial charge in [-0.3, -0.25) is 0 Å². The maximum Gasteiger partial charge on any atom is 0.126 e. The van der Waals surface area contributed by atoms with E-state index in [1.165, 1.54) is 12.1 Å². The van der Waals surface area contributed by atoms with E-state index >= 15 is 0 Å². The average Bonchev–Trinajstić information content (AvgIpc) is 2.72. The first kappa shape index (κ1) is 14.1. The minimum atomic E-state index is -0.548. The van der Waals surface area contributed by atoms with E-state index in [2.05, 4.69) is 24.1 Å². The molecule has 1 heterocycles. The Labute approximate surface area is 115 Å². The topological polar surface area (TPSA) is 24.9 Å². The highest BCUT2D eigenvalue weighted by molar-refractivity contribution is 7.11. The van der Waals surface area contributed by atoms with Gasteiger partial charge in [-0.1, -0.05) is 13.8 Å². The lowest BCUT2D eigenvalue weighted by Gasteiger charge is -2.04. The summed E-state index contributed by atoms with van der Waals surface area (Å²) in [5.74, 6) is -1.10. The fourth-order valence-corrected chi connectivity index (χ4v) is 2.61. The van der Waals surface area contributed by atoms with Crippen molar-refractivity contribution in [2.24, 2.45) is 0 Å². The molecular weight excluding hydrogens is 266 g/mol. The molecular formula is C14H16F2N2S. The number of halogens is 2. The summed E-state index contributed by atoms with van der Waals surface area (Å²) in [4.78, 5) is 5.41. The van der Waals surface area contributed by atoms with Crippen LogP contribution in [0, 0.1) is 11.6 Å². The molecule has 0 saturated carbocycles. The van der Waals surface area contributed by atoms with Crippen molar-refractivity contribution < 1.29 is 8.78 Å². The van der Waals surface area contributed by atoms with Crippen LogP contribution in [-0.4, -0.2) is 11.0 Å². The van der Waals surface area contributed by atoms with E-state index < -0.39 is 11.6 Å². The highest BCUT2D eigenvalue weighted by Gasteiger charge is 2.06. The Hall–Kier alpha value is -1.33. The van der Waals surface area contributed by atoms with Crippen LogP contribution in [0.4, 0.5) is 8.78 Å². The molecule has 102 valence electrons. The van der Waals surface area contributed by atoms with E-state index in [0.717, 1.165) is 22.5 Å². The summed E-state index contributed by atoms with van der Waals surface area (Å²) < 4.78 is 26.2. The molecule has 0 amide bonds. The number of thiazole rings is 1. The van der Waals surface area contributed by atoms with Crippen molar-refractivity contribution >= 4 is 11.3 Å². The Morgan fingerprint density at radius 3 is 2.53 bits per heavy atom. The molecule has 0 saturated heterocycles. The van der Waals surface area contributed by atoms with Crippen LogP contribution in [0.2, 0.25) is 0 Å². The van der Waals surface area contributed by atoms with Gasteiger partial charge in [0.25, 0.3) is 0 Å². The van der Waals surface area contributed by atoms with Crippen molar-refractivity contribution in [1.82, 2.24) is 10.3 Å². The molecule has 2 aromatic rings. The monoisotopic (exact) mass is 282 g/mol. The summed E-state index contributed by atoms with van der Waals surface area (Å²) >= 11 is 1.56. The number of nitrogens with zero attached hydrogens (tertiary/aromatic N) is 1. The molecule has 19 heavy (non-hydrogen) atoms. The van der Waals surface area contributed by atoms with Gasteiger partial charge in [0.15, 0.2) is 0 Å². The molecule has 0 aliphatic heterocycles. The summed E-state index contributed by atoms with van der Waals surface area (Å²) in [6, 6.07) is 3.99. The predicted molar refractivity (Wildman–Crippen MR) is 73.3 cm³/mol. The van der Waals surface area contributed by atoms with E-state index in [0.29, 0.717) is 18.0 Å². The third-order valence-electron chi connectivity index (χ3n) is 2.56. The van der Waals surface area contributed by atoms with Gasteiger partial charge in [-0.2, -0.15) is 0 Å². The van der Waals surface area contributed by atoms with Gasteiger partial charge < -0.3 is 5.32 Å². The third kappa shape index (κ3) is 4.36. The second kappa shape index (κ2) is 6.21. The lowest BCUT2D eigenvalue weighted by atomic mass is 10.1. The minimum Gasteiger partial charge on any atom is -0.310 e. The van der Waals surface area contributed by atoms with Crippen LogP contribution in [0.3, 0.4) is 0 Å². The fourth-order valence-electron chi connectivity index (χ4n) is 1.70. The number of aromatic nitrogens is 1. The zero-order valence-electron chi connectivity index (χ0n) is 10.9. The Morgan fingerprint density at radius 1 is 1.21 bits per heavy atom. The molecule has 5 heteroatoms. The Morgan fingerprint density at radius 2 is 1.89 bits per heavy atom. The molecule has 2 nitrogen and oxygen atoms in total. The lowest BCUT2D eigenvalue weighted by molar-refractivity contribution is 0.580. The molecule has 0 aliphatic rings. The maximum absolute atomic E-state index is 13.1. The highest BCUT2D eigenvalue weighted by Crippen LogP contribution is 2.18. The van der Waals surface area contributed by atoms with Crippen molar-refractivity contribution in [2.75, 3.05) is 0 Å². The molecule has 2 rings (SSSR count). The quantitative estimate of drug-likeness (QED) is 0.907. The van der Waals surface area contributed by atoms with Gasteiger partial charge >= 0.3 is 0 Å². The molecule has 1 N–H and O–H groups in total. The van der Waals surface area contributed by atoms with Crippen LogP contribution in [0.25, 0.3) is 0 Å². The van der Waals surface area contributed by atoms with Gasteiger partial charge in [-0.15, -0.1) is 11.3 Å². The summed E-state index contributed by atoms with van der Waals surface area (Å²) in [6.07, 6.45) is 2.27. The molecule has 0 unspecified atom stereocenters. The second-order valence-corrected chi connectivity index (χ2v) is 5.91. The summed E-state index contributed by atoms with van der Waals surface area (Å²) in [5.41, 5.74) is 0.607. The van der Waals surface area contributed by atoms with Crippen LogP contribution in [-0.2, 0) is 13.0 Å². The van der Waals surface area contributed by atoms with E-state index in [4.69, 9.17) is 0 Å². The first-order valence-corrected chi connectivity index (χ1v) is 6.96. The van der Waals surface area contributed by atoms with Crippen LogP contribution in [0.5, 0.6) is 0 Å². The molecule has 0 spiro atoms. The Balaban J connectivity index is 2.03. The first-order valence-electron chi connectivity index (χ1n) is 6.15. The number of nitrogens with one attached hydrogen (secondary N) is 1. The van der Waals surface area contributed by atoms with Crippen LogP contribution < -0.4 is 5.32 Å². The van der Waals surface area contributed by atoms with Gasteiger partial charge in [0, 0.05) is 36.1 Å². The largest absolute Gasteiger partial charge is 0.310 e. The van der Waals surface area contributed by atoms with Crippen molar-refractivity contribution in [1.29, 1.82) is 0 Å². The van der Waals surface area contributed by atoms with Gasteiger partial charge in [0.05, 0.1) is 5.01 Å². The second-order valence-electron chi connectivity index (χ2n) is 4.71. The summed E-state index contributed by atoms with van der Waals surface area (Å²) in [6.45, 7) is 4.93. The van der Waals surface area contributed by atoms with Gasteiger partial charge in [0.1, 0.15) is 11.6 Å². The average molecular weight is 282 g/mol. The molecule has 1 aromatic carbocycles. The number of hydrogen-bond donors (Lipinski definition) is 1. The van der Waals surface area contributed by atoms with Crippen molar-refractivity contribution in [3.05, 3.63) is 51.5 Å². The Bertz CT molecular complexity index is 532.